The van der Waals surface area contributed by atoms with Crippen LogP contribution < -0.4 is 15.4 Å². The molecule has 2 heterocycles. The summed E-state index contributed by atoms with van der Waals surface area (Å²) in [5.41, 5.74) is 2.80. The van der Waals surface area contributed by atoms with E-state index in [1.165, 1.54) is 5.56 Å². The highest BCUT2D eigenvalue weighted by atomic mass is 19.2. The van der Waals surface area contributed by atoms with Crippen molar-refractivity contribution in [3.05, 3.63) is 65.1 Å². The van der Waals surface area contributed by atoms with Crippen molar-refractivity contribution in [2.24, 2.45) is 5.41 Å². The van der Waals surface area contributed by atoms with Gasteiger partial charge in [0.2, 0.25) is 0 Å². The molecule has 1 aliphatic heterocycles. The van der Waals surface area contributed by atoms with Crippen molar-refractivity contribution < 1.29 is 23.0 Å². The van der Waals surface area contributed by atoms with E-state index < -0.39 is 23.6 Å². The highest BCUT2D eigenvalue weighted by molar-refractivity contribution is 5.84. The molecule has 1 unspecified atom stereocenters. The molecule has 2 aromatic carbocycles. The third kappa shape index (κ3) is 5.76. The second-order valence-electron chi connectivity index (χ2n) is 9.75. The van der Waals surface area contributed by atoms with Crippen LogP contribution in [0.15, 0.2) is 36.5 Å². The monoisotopic (exact) mass is 501 g/mol. The number of hydrogen-bond donors (Lipinski definition) is 3. The van der Waals surface area contributed by atoms with Crippen molar-refractivity contribution in [2.45, 2.75) is 51.6 Å². The lowest BCUT2D eigenvalue weighted by molar-refractivity contribution is -0.00988. The number of rotatable bonds is 10. The number of halogens is 3. The van der Waals surface area contributed by atoms with E-state index in [-0.39, 0.29) is 17.6 Å². The number of aryl methyl sites for hydroxylation is 2. The van der Waals surface area contributed by atoms with Crippen LogP contribution in [-0.4, -0.2) is 42.9 Å². The summed E-state index contributed by atoms with van der Waals surface area (Å²) in [6.45, 7) is 3.92. The van der Waals surface area contributed by atoms with Crippen molar-refractivity contribution >= 4 is 16.6 Å². The first kappa shape index (κ1) is 26.2. The molecule has 1 aliphatic rings. The summed E-state index contributed by atoms with van der Waals surface area (Å²) in [4.78, 5) is 4.55. The Morgan fingerprint density at radius 3 is 2.69 bits per heavy atom. The summed E-state index contributed by atoms with van der Waals surface area (Å²) >= 11 is 0. The van der Waals surface area contributed by atoms with Crippen molar-refractivity contribution in [3.8, 4) is 5.75 Å². The third-order valence-corrected chi connectivity index (χ3v) is 7.54. The number of methoxy groups -OCH3 is 1. The van der Waals surface area contributed by atoms with Gasteiger partial charge in [-0.3, -0.25) is 4.98 Å². The highest BCUT2D eigenvalue weighted by Crippen LogP contribution is 2.40. The van der Waals surface area contributed by atoms with Gasteiger partial charge < -0.3 is 20.5 Å². The van der Waals surface area contributed by atoms with Crippen LogP contribution in [0.25, 0.3) is 10.9 Å². The number of nitrogens with zero attached hydrogens (tertiary/aromatic N) is 1. The Balaban J connectivity index is 1.43. The average molecular weight is 502 g/mol. The normalized spacial score (nSPS) is 16.2. The number of aliphatic hydroxyl groups excluding tert-OH is 1. The molecule has 0 bridgehead atoms. The minimum absolute atomic E-state index is 0.212. The largest absolute Gasteiger partial charge is 0.497 e. The number of anilines is 1. The summed E-state index contributed by atoms with van der Waals surface area (Å²) in [6.07, 6.45) is 5.89. The molecule has 1 aromatic heterocycles. The number of aromatic nitrogens is 1. The predicted molar refractivity (Wildman–Crippen MR) is 136 cm³/mol. The molecule has 0 radical (unpaired) electrons. The van der Waals surface area contributed by atoms with E-state index in [9.17, 15) is 18.3 Å². The van der Waals surface area contributed by atoms with Gasteiger partial charge in [-0.1, -0.05) is 0 Å². The van der Waals surface area contributed by atoms with Crippen LogP contribution in [0.2, 0.25) is 0 Å². The zero-order valence-corrected chi connectivity index (χ0v) is 20.8. The van der Waals surface area contributed by atoms with E-state index in [2.05, 4.69) is 22.5 Å². The van der Waals surface area contributed by atoms with E-state index in [0.29, 0.717) is 12.5 Å². The number of benzene rings is 2. The lowest BCUT2D eigenvalue weighted by Crippen LogP contribution is -2.45. The van der Waals surface area contributed by atoms with Gasteiger partial charge in [0.15, 0.2) is 11.6 Å². The molecule has 0 spiro atoms. The minimum atomic E-state index is -1.23. The van der Waals surface area contributed by atoms with Crippen LogP contribution in [-0.2, 0) is 6.42 Å². The maximum atomic E-state index is 14.0. The maximum absolute atomic E-state index is 14.0. The number of fused-ring (bicyclic) bond motifs is 1. The molecule has 0 aliphatic carbocycles. The number of piperidine rings is 1. The van der Waals surface area contributed by atoms with E-state index >= 15 is 0 Å². The van der Waals surface area contributed by atoms with Gasteiger partial charge in [-0.2, -0.15) is 0 Å². The number of aliphatic hydroxyl groups is 1. The minimum Gasteiger partial charge on any atom is -0.497 e. The molecule has 194 valence electrons. The molecule has 3 N–H and O–H groups in total. The van der Waals surface area contributed by atoms with E-state index in [4.69, 9.17) is 4.74 Å². The molecule has 1 atom stereocenters. The highest BCUT2D eigenvalue weighted by Gasteiger charge is 2.38. The molecule has 36 heavy (non-hydrogen) atoms. The Kier molecular flexibility index (Phi) is 8.36. The fourth-order valence-corrected chi connectivity index (χ4v) is 5.41. The summed E-state index contributed by atoms with van der Waals surface area (Å²) < 4.78 is 46.4. The van der Waals surface area contributed by atoms with Gasteiger partial charge in [0, 0.05) is 30.3 Å². The van der Waals surface area contributed by atoms with Gasteiger partial charge in [0.25, 0.3) is 0 Å². The smallest absolute Gasteiger partial charge is 0.182 e. The molecule has 0 amide bonds. The number of nitrogens with one attached hydrogen (secondary N) is 2. The van der Waals surface area contributed by atoms with Gasteiger partial charge >= 0.3 is 0 Å². The number of pyridine rings is 1. The second-order valence-corrected chi connectivity index (χ2v) is 9.75. The number of ether oxygens (including phenoxy) is 1. The Bertz CT molecular complexity index is 1200. The first-order valence-corrected chi connectivity index (χ1v) is 12.5. The summed E-state index contributed by atoms with van der Waals surface area (Å²) in [5.74, 6) is -2.39. The van der Waals surface area contributed by atoms with Gasteiger partial charge in [0.05, 0.1) is 24.4 Å². The van der Waals surface area contributed by atoms with Crippen LogP contribution in [0.4, 0.5) is 18.9 Å². The lowest BCUT2D eigenvalue weighted by Gasteiger charge is -2.42. The van der Waals surface area contributed by atoms with Crippen molar-refractivity contribution in [1.82, 2.24) is 10.3 Å². The van der Waals surface area contributed by atoms with Crippen LogP contribution in [0, 0.1) is 29.8 Å². The van der Waals surface area contributed by atoms with E-state index in [0.717, 1.165) is 73.5 Å². The quantitative estimate of drug-likeness (QED) is 0.319. The molecule has 3 aromatic rings. The first-order valence-electron chi connectivity index (χ1n) is 12.5. The van der Waals surface area contributed by atoms with E-state index in [1.54, 1.807) is 7.11 Å². The molecule has 4 rings (SSSR count). The molecule has 0 saturated carbocycles. The summed E-state index contributed by atoms with van der Waals surface area (Å²) in [6, 6.07) is 7.35. The van der Waals surface area contributed by atoms with Gasteiger partial charge in [-0.15, -0.1) is 0 Å². The Labute approximate surface area is 210 Å². The Morgan fingerprint density at radius 2 is 1.94 bits per heavy atom. The van der Waals surface area contributed by atoms with Crippen LogP contribution in [0.3, 0.4) is 0 Å². The van der Waals surface area contributed by atoms with Crippen molar-refractivity contribution in [2.75, 3.05) is 32.1 Å². The number of hydrogen-bond acceptors (Lipinski definition) is 5. The van der Waals surface area contributed by atoms with Crippen LogP contribution >= 0.6 is 0 Å². The lowest BCUT2D eigenvalue weighted by atomic mass is 9.69. The second kappa shape index (κ2) is 11.5. The molecule has 1 fully saturated rings. The maximum Gasteiger partial charge on any atom is 0.182 e. The molecular weight excluding hydrogens is 467 g/mol. The average Bonchev–Trinajstić information content (AvgIpc) is 2.88. The topological polar surface area (TPSA) is 66.4 Å². The van der Waals surface area contributed by atoms with E-state index in [1.807, 2.05) is 24.4 Å². The van der Waals surface area contributed by atoms with Crippen LogP contribution in [0.5, 0.6) is 5.75 Å². The van der Waals surface area contributed by atoms with Crippen LogP contribution in [0.1, 0.15) is 43.2 Å². The Morgan fingerprint density at radius 1 is 1.17 bits per heavy atom. The Hall–Kier alpha value is -2.84. The fraction of sp³-hybridized carbons (Fsp3) is 0.464. The zero-order valence-electron chi connectivity index (χ0n) is 20.8. The molecule has 5 nitrogen and oxygen atoms in total. The van der Waals surface area contributed by atoms with Crippen molar-refractivity contribution in [1.29, 1.82) is 0 Å². The fourth-order valence-electron chi connectivity index (χ4n) is 5.41. The first-order chi connectivity index (χ1) is 17.3. The third-order valence-electron chi connectivity index (χ3n) is 7.54. The SMILES string of the molecule is COc1ccc2ncc(C)c(CCCC3(C(O)CCNc4cc(F)cc(F)c4F)CCNCC3)c2c1. The van der Waals surface area contributed by atoms with Gasteiger partial charge in [-0.05, 0) is 93.3 Å². The van der Waals surface area contributed by atoms with Crippen molar-refractivity contribution in [3.63, 3.8) is 0 Å². The standard InChI is InChI=1S/C28H34F3N3O2/c1-18-17-34-24-6-5-20(36-2)16-22(24)21(18)4-3-8-28(9-12-32-13-10-28)26(35)7-11-33-25-15-19(29)14-23(30)27(25)31/h5-6,14-17,26,32-33,35H,3-4,7-13H2,1-2H3. The molecule has 8 heteroatoms. The predicted octanol–water partition coefficient (Wildman–Crippen LogP) is 5.52. The van der Waals surface area contributed by atoms with Gasteiger partial charge in [-0.25, -0.2) is 13.2 Å². The summed E-state index contributed by atoms with van der Waals surface area (Å²) in [7, 11) is 1.65. The zero-order chi connectivity index (χ0) is 25.7. The molecule has 1 saturated heterocycles. The molecular formula is C28H34F3N3O2. The van der Waals surface area contributed by atoms with Gasteiger partial charge in [0.1, 0.15) is 11.6 Å². The summed E-state index contributed by atoms with van der Waals surface area (Å²) in [5, 5.41) is 18.4.